The van der Waals surface area contributed by atoms with Crippen LogP contribution in [0.4, 0.5) is 0 Å². The molecule has 0 atom stereocenters. The summed E-state index contributed by atoms with van der Waals surface area (Å²) in [4.78, 5) is 4.49. The van der Waals surface area contributed by atoms with Crippen LogP contribution in [0.1, 0.15) is 16.8 Å². The highest BCUT2D eigenvalue weighted by Crippen LogP contribution is 2.30. The van der Waals surface area contributed by atoms with Gasteiger partial charge in [0.15, 0.2) is 0 Å². The summed E-state index contributed by atoms with van der Waals surface area (Å²) < 4.78 is 0. The van der Waals surface area contributed by atoms with Crippen molar-refractivity contribution in [2.75, 3.05) is 0 Å². The Balaban J connectivity index is 2.31. The van der Waals surface area contributed by atoms with Crippen LogP contribution in [0.25, 0.3) is 21.9 Å². The van der Waals surface area contributed by atoms with Crippen LogP contribution >= 0.6 is 0 Å². The summed E-state index contributed by atoms with van der Waals surface area (Å²) in [6, 6.07) is 16.1. The average molecular weight is 273 g/mol. The van der Waals surface area contributed by atoms with Crippen LogP contribution in [0.2, 0.25) is 0 Å². The molecule has 0 amide bonds. The summed E-state index contributed by atoms with van der Waals surface area (Å²) in [6.07, 6.45) is 1.84. The minimum Gasteiger partial charge on any atom is -0.325 e. The Bertz CT molecular complexity index is 860. The first-order valence-electron chi connectivity index (χ1n) is 6.82. The van der Waals surface area contributed by atoms with Crippen LogP contribution in [-0.4, -0.2) is 4.98 Å². The molecule has 0 bridgehead atoms. The van der Waals surface area contributed by atoms with Gasteiger partial charge < -0.3 is 5.73 Å². The summed E-state index contributed by atoms with van der Waals surface area (Å²) in [5.41, 5.74) is 10.5. The van der Waals surface area contributed by atoms with Crippen LogP contribution in [-0.2, 0) is 6.54 Å². The van der Waals surface area contributed by atoms with Gasteiger partial charge >= 0.3 is 0 Å². The van der Waals surface area contributed by atoms with Crippen molar-refractivity contribution in [2.24, 2.45) is 5.73 Å². The lowest BCUT2D eigenvalue weighted by atomic mass is 9.97. The van der Waals surface area contributed by atoms with Crippen molar-refractivity contribution in [3.05, 3.63) is 65.5 Å². The van der Waals surface area contributed by atoms with E-state index in [1.165, 1.54) is 5.56 Å². The molecule has 1 heterocycles. The first-order valence-corrected chi connectivity index (χ1v) is 6.82. The van der Waals surface area contributed by atoms with Crippen molar-refractivity contribution in [1.29, 1.82) is 5.26 Å². The molecule has 21 heavy (non-hydrogen) atoms. The van der Waals surface area contributed by atoms with Gasteiger partial charge in [-0.15, -0.1) is 0 Å². The number of rotatable bonds is 2. The van der Waals surface area contributed by atoms with Gasteiger partial charge in [0.25, 0.3) is 0 Å². The lowest BCUT2D eigenvalue weighted by molar-refractivity contribution is 1.01. The van der Waals surface area contributed by atoms with Crippen molar-refractivity contribution in [2.45, 2.75) is 13.5 Å². The molecule has 3 nitrogen and oxygen atoms in total. The number of nitrogens with zero attached hydrogens (tertiary/aromatic N) is 2. The second kappa shape index (κ2) is 5.35. The number of nitrogens with two attached hydrogens (primary N) is 1. The van der Waals surface area contributed by atoms with Gasteiger partial charge in [-0.25, -0.2) is 0 Å². The minimum atomic E-state index is 0.415. The third kappa shape index (κ3) is 2.37. The molecule has 2 N–H and O–H groups in total. The number of aryl methyl sites for hydroxylation is 1. The van der Waals surface area contributed by atoms with Crippen molar-refractivity contribution < 1.29 is 0 Å². The largest absolute Gasteiger partial charge is 0.325 e. The van der Waals surface area contributed by atoms with E-state index in [9.17, 15) is 0 Å². The topological polar surface area (TPSA) is 62.7 Å². The number of pyridine rings is 1. The summed E-state index contributed by atoms with van der Waals surface area (Å²) in [5, 5.41) is 11.3. The van der Waals surface area contributed by atoms with E-state index in [0.29, 0.717) is 12.1 Å². The van der Waals surface area contributed by atoms with Crippen molar-refractivity contribution >= 4 is 10.8 Å². The second-order valence-corrected chi connectivity index (χ2v) is 5.06. The highest BCUT2D eigenvalue weighted by molar-refractivity contribution is 5.97. The van der Waals surface area contributed by atoms with Gasteiger partial charge in [-0.3, -0.25) is 4.98 Å². The Morgan fingerprint density at radius 3 is 2.76 bits per heavy atom. The fourth-order valence-corrected chi connectivity index (χ4v) is 2.56. The molecule has 0 aliphatic carbocycles. The van der Waals surface area contributed by atoms with Crippen LogP contribution in [0.3, 0.4) is 0 Å². The lowest BCUT2D eigenvalue weighted by Gasteiger charge is -2.11. The van der Waals surface area contributed by atoms with Gasteiger partial charge in [-0.05, 0) is 36.1 Å². The Kier molecular flexibility index (Phi) is 3.39. The zero-order valence-electron chi connectivity index (χ0n) is 11.8. The van der Waals surface area contributed by atoms with Crippen LogP contribution in [0, 0.1) is 18.3 Å². The van der Waals surface area contributed by atoms with Crippen LogP contribution < -0.4 is 5.73 Å². The second-order valence-electron chi connectivity index (χ2n) is 5.06. The third-order valence-corrected chi connectivity index (χ3v) is 3.62. The number of fused-ring (bicyclic) bond motifs is 1. The Hall–Kier alpha value is -2.70. The molecule has 0 saturated carbocycles. The Morgan fingerprint density at radius 2 is 2.00 bits per heavy atom. The fourth-order valence-electron chi connectivity index (χ4n) is 2.56. The SMILES string of the molecule is Cc1ccc2c(-c3cccc(C#N)c3)cnc(CN)c2c1. The first kappa shape index (κ1) is 13.3. The fraction of sp³-hybridized carbons (Fsp3) is 0.111. The molecule has 3 heteroatoms. The maximum atomic E-state index is 9.06. The molecule has 3 aromatic rings. The standard InChI is InChI=1S/C18H15N3/c1-12-5-6-15-16(7-12)18(10-20)21-11-17(15)14-4-2-3-13(8-14)9-19/h2-8,11H,10,20H2,1H3. The molecular formula is C18H15N3. The molecule has 0 radical (unpaired) electrons. The number of hydrogen-bond donors (Lipinski definition) is 1. The zero-order chi connectivity index (χ0) is 14.8. The summed E-state index contributed by atoms with van der Waals surface area (Å²) in [6.45, 7) is 2.47. The maximum absolute atomic E-state index is 9.06. The van der Waals surface area contributed by atoms with Gasteiger partial charge in [0.2, 0.25) is 0 Å². The minimum absolute atomic E-state index is 0.415. The van der Waals surface area contributed by atoms with Crippen molar-refractivity contribution in [1.82, 2.24) is 4.98 Å². The van der Waals surface area contributed by atoms with E-state index in [-0.39, 0.29) is 0 Å². The van der Waals surface area contributed by atoms with E-state index >= 15 is 0 Å². The molecule has 2 aromatic carbocycles. The molecule has 0 saturated heterocycles. The molecule has 1 aromatic heterocycles. The first-order chi connectivity index (χ1) is 10.2. The predicted molar refractivity (Wildman–Crippen MR) is 84.5 cm³/mol. The Morgan fingerprint density at radius 1 is 1.14 bits per heavy atom. The number of benzene rings is 2. The van der Waals surface area contributed by atoms with Gasteiger partial charge in [-0.2, -0.15) is 5.26 Å². The van der Waals surface area contributed by atoms with Gasteiger partial charge in [0.05, 0.1) is 17.3 Å². The molecule has 3 rings (SSSR count). The van der Waals surface area contributed by atoms with Crippen LogP contribution in [0.5, 0.6) is 0 Å². The van der Waals surface area contributed by atoms with Gasteiger partial charge in [0.1, 0.15) is 0 Å². The van der Waals surface area contributed by atoms with E-state index in [1.807, 2.05) is 24.4 Å². The number of hydrogen-bond acceptors (Lipinski definition) is 3. The van der Waals surface area contributed by atoms with Crippen LogP contribution in [0.15, 0.2) is 48.7 Å². The molecule has 0 fully saturated rings. The summed E-state index contributed by atoms with van der Waals surface area (Å²) >= 11 is 0. The number of aromatic nitrogens is 1. The smallest absolute Gasteiger partial charge is 0.0991 e. The number of nitriles is 1. The zero-order valence-corrected chi connectivity index (χ0v) is 11.8. The molecular weight excluding hydrogens is 258 g/mol. The quantitative estimate of drug-likeness (QED) is 0.776. The monoisotopic (exact) mass is 273 g/mol. The summed E-state index contributed by atoms with van der Waals surface area (Å²) in [7, 11) is 0. The molecule has 0 unspecified atom stereocenters. The van der Waals surface area contributed by atoms with E-state index in [0.717, 1.165) is 27.6 Å². The van der Waals surface area contributed by atoms with E-state index in [1.54, 1.807) is 6.07 Å². The Labute approximate surface area is 123 Å². The predicted octanol–water partition coefficient (Wildman–Crippen LogP) is 3.54. The molecule has 0 aliphatic heterocycles. The average Bonchev–Trinajstić information content (AvgIpc) is 2.53. The van der Waals surface area contributed by atoms with Crippen molar-refractivity contribution in [3.8, 4) is 17.2 Å². The molecule has 102 valence electrons. The van der Waals surface area contributed by atoms with Gasteiger partial charge in [-0.1, -0.05) is 29.8 Å². The highest BCUT2D eigenvalue weighted by atomic mass is 14.7. The van der Waals surface area contributed by atoms with E-state index < -0.39 is 0 Å². The summed E-state index contributed by atoms with van der Waals surface area (Å²) in [5.74, 6) is 0. The van der Waals surface area contributed by atoms with E-state index in [2.05, 4.69) is 36.2 Å². The van der Waals surface area contributed by atoms with Crippen molar-refractivity contribution in [3.63, 3.8) is 0 Å². The third-order valence-electron chi connectivity index (χ3n) is 3.62. The molecule has 0 aliphatic rings. The van der Waals surface area contributed by atoms with E-state index in [4.69, 9.17) is 11.0 Å². The highest BCUT2D eigenvalue weighted by Gasteiger charge is 2.09. The lowest BCUT2D eigenvalue weighted by Crippen LogP contribution is -2.01. The maximum Gasteiger partial charge on any atom is 0.0991 e. The molecule has 0 spiro atoms. The van der Waals surface area contributed by atoms with Gasteiger partial charge in [0, 0.05) is 23.7 Å². The normalized spacial score (nSPS) is 10.5.